The highest BCUT2D eigenvalue weighted by Crippen LogP contribution is 2.37. The van der Waals surface area contributed by atoms with Crippen LogP contribution in [0.15, 0.2) is 78.2 Å². The molecule has 5 rings (SSSR count). The highest BCUT2D eigenvalue weighted by Gasteiger charge is 2.36. The molecule has 0 saturated heterocycles. The van der Waals surface area contributed by atoms with Crippen LogP contribution in [0.5, 0.6) is 0 Å². The second-order valence-electron chi connectivity index (χ2n) is 9.94. The van der Waals surface area contributed by atoms with Gasteiger partial charge in [-0.15, -0.1) is 0 Å². The molecule has 12 heteroatoms. The SMILES string of the molecule is C[C@H](NS(=O)(=O)C=Cc1nn(-c2ccc(F)cc2F)c2c1CS(=O)(=O)CC2Cc1cccc(F)c1)c1ccccc1. The summed E-state index contributed by atoms with van der Waals surface area (Å²) in [6.45, 7) is 1.68. The molecule has 0 bridgehead atoms. The number of fused-ring (bicyclic) bond motifs is 1. The number of benzene rings is 3. The van der Waals surface area contributed by atoms with Gasteiger partial charge in [-0.05, 0) is 54.8 Å². The molecule has 7 nitrogen and oxygen atoms in total. The van der Waals surface area contributed by atoms with E-state index >= 15 is 0 Å². The number of rotatable bonds is 8. The molecule has 2 atom stereocenters. The third-order valence-electron chi connectivity index (χ3n) is 6.82. The molecule has 2 heterocycles. The number of sulfone groups is 1. The lowest BCUT2D eigenvalue weighted by Crippen LogP contribution is -2.27. The van der Waals surface area contributed by atoms with Crippen molar-refractivity contribution in [2.24, 2.45) is 0 Å². The molecule has 0 spiro atoms. The van der Waals surface area contributed by atoms with Crippen molar-refractivity contribution in [2.75, 3.05) is 5.75 Å². The normalized spacial score (nSPS) is 17.4. The van der Waals surface area contributed by atoms with Gasteiger partial charge in [-0.2, -0.15) is 5.10 Å². The lowest BCUT2D eigenvalue weighted by atomic mass is 9.94. The first-order chi connectivity index (χ1) is 19.4. The first-order valence-corrected chi connectivity index (χ1v) is 16.0. The average Bonchev–Trinajstić information content (AvgIpc) is 3.25. The van der Waals surface area contributed by atoms with Gasteiger partial charge in [-0.1, -0.05) is 42.5 Å². The number of nitrogens with one attached hydrogen (secondary N) is 1. The van der Waals surface area contributed by atoms with Gasteiger partial charge >= 0.3 is 0 Å². The van der Waals surface area contributed by atoms with Crippen LogP contribution < -0.4 is 4.72 Å². The van der Waals surface area contributed by atoms with Gasteiger partial charge < -0.3 is 0 Å². The maximum Gasteiger partial charge on any atom is 0.234 e. The molecule has 4 aromatic rings. The Bertz CT molecular complexity index is 1840. The quantitative estimate of drug-likeness (QED) is 0.300. The molecule has 1 aliphatic rings. The summed E-state index contributed by atoms with van der Waals surface area (Å²) in [6.07, 6.45) is 1.26. The van der Waals surface area contributed by atoms with Crippen LogP contribution in [0.4, 0.5) is 13.2 Å². The zero-order chi connectivity index (χ0) is 29.4. The number of nitrogens with zero attached hydrogens (tertiary/aromatic N) is 2. The topological polar surface area (TPSA) is 98.1 Å². The number of hydrogen-bond acceptors (Lipinski definition) is 5. The fraction of sp³-hybridized carbons (Fsp3) is 0.207. The largest absolute Gasteiger partial charge is 0.234 e. The Balaban J connectivity index is 1.59. The Hall–Kier alpha value is -3.74. The van der Waals surface area contributed by atoms with Gasteiger partial charge in [0.1, 0.15) is 17.3 Å². The maximum absolute atomic E-state index is 15.0. The van der Waals surface area contributed by atoms with Crippen molar-refractivity contribution in [3.63, 3.8) is 0 Å². The minimum atomic E-state index is -4.01. The van der Waals surface area contributed by atoms with Gasteiger partial charge in [-0.3, -0.25) is 0 Å². The third kappa shape index (κ3) is 6.61. The van der Waals surface area contributed by atoms with Crippen molar-refractivity contribution in [3.05, 3.63) is 124 Å². The molecule has 0 amide bonds. The van der Waals surface area contributed by atoms with E-state index in [1.807, 2.05) is 6.07 Å². The molecule has 0 radical (unpaired) electrons. The highest BCUT2D eigenvalue weighted by molar-refractivity contribution is 7.92. The smallest absolute Gasteiger partial charge is 0.234 e. The number of hydrogen-bond donors (Lipinski definition) is 1. The minimum absolute atomic E-state index is 0.00832. The lowest BCUT2D eigenvalue weighted by molar-refractivity contribution is 0.558. The van der Waals surface area contributed by atoms with E-state index in [4.69, 9.17) is 0 Å². The molecule has 41 heavy (non-hydrogen) atoms. The van der Waals surface area contributed by atoms with E-state index in [0.717, 1.165) is 23.1 Å². The fourth-order valence-corrected chi connectivity index (χ4v) is 7.79. The number of halogens is 3. The molecule has 214 valence electrons. The summed E-state index contributed by atoms with van der Waals surface area (Å²) < 4.78 is 98.1. The van der Waals surface area contributed by atoms with E-state index < -0.39 is 55.0 Å². The van der Waals surface area contributed by atoms with Gasteiger partial charge in [0.25, 0.3) is 0 Å². The summed E-state index contributed by atoms with van der Waals surface area (Å²) in [5.74, 6) is -3.78. The molecule has 3 aromatic carbocycles. The summed E-state index contributed by atoms with van der Waals surface area (Å²) in [5.41, 5.74) is 1.66. The van der Waals surface area contributed by atoms with Gasteiger partial charge in [0.05, 0.1) is 22.9 Å². The monoisotopic (exact) mass is 601 g/mol. The van der Waals surface area contributed by atoms with Crippen molar-refractivity contribution in [2.45, 2.75) is 31.1 Å². The Labute approximate surface area is 236 Å². The Morgan fingerprint density at radius 3 is 2.46 bits per heavy atom. The van der Waals surface area contributed by atoms with Crippen LogP contribution in [0.25, 0.3) is 11.8 Å². The molecule has 0 fully saturated rings. The lowest BCUT2D eigenvalue weighted by Gasteiger charge is -2.25. The molecular formula is C29H26F3N3O4S2. The molecule has 1 unspecified atom stereocenters. The Morgan fingerprint density at radius 2 is 1.76 bits per heavy atom. The molecule has 0 aliphatic carbocycles. The summed E-state index contributed by atoms with van der Waals surface area (Å²) in [4.78, 5) is 0. The maximum atomic E-state index is 15.0. The summed E-state index contributed by atoms with van der Waals surface area (Å²) in [5, 5.41) is 5.28. The average molecular weight is 602 g/mol. The van der Waals surface area contributed by atoms with Crippen LogP contribution >= 0.6 is 0 Å². The first-order valence-electron chi connectivity index (χ1n) is 12.7. The van der Waals surface area contributed by atoms with Gasteiger partial charge in [0.2, 0.25) is 10.0 Å². The molecular weight excluding hydrogens is 575 g/mol. The Morgan fingerprint density at radius 1 is 1.02 bits per heavy atom. The van der Waals surface area contributed by atoms with Crippen LogP contribution in [-0.2, 0) is 32.0 Å². The van der Waals surface area contributed by atoms with E-state index in [2.05, 4.69) is 9.82 Å². The minimum Gasteiger partial charge on any atom is -0.234 e. The predicted octanol–water partition coefficient (Wildman–Crippen LogP) is 5.20. The first kappa shape index (κ1) is 28.8. The zero-order valence-corrected chi connectivity index (χ0v) is 23.5. The summed E-state index contributed by atoms with van der Waals surface area (Å²) in [7, 11) is -7.71. The van der Waals surface area contributed by atoms with Crippen molar-refractivity contribution in [1.82, 2.24) is 14.5 Å². The van der Waals surface area contributed by atoms with Crippen LogP contribution in [0.3, 0.4) is 0 Å². The molecule has 0 saturated carbocycles. The predicted molar refractivity (Wildman–Crippen MR) is 150 cm³/mol. The summed E-state index contributed by atoms with van der Waals surface area (Å²) in [6, 6.07) is 17.0. The van der Waals surface area contributed by atoms with Crippen molar-refractivity contribution >= 4 is 25.9 Å². The number of sulfonamides is 1. The highest BCUT2D eigenvalue weighted by atomic mass is 32.2. The van der Waals surface area contributed by atoms with Gasteiger partial charge in [0.15, 0.2) is 15.7 Å². The fourth-order valence-electron chi connectivity index (χ4n) is 5.04. The van der Waals surface area contributed by atoms with Crippen LogP contribution in [0.2, 0.25) is 0 Å². The van der Waals surface area contributed by atoms with Crippen molar-refractivity contribution in [3.8, 4) is 5.69 Å². The Kier molecular flexibility index (Phi) is 7.91. The van der Waals surface area contributed by atoms with Crippen LogP contribution in [0, 0.1) is 17.5 Å². The van der Waals surface area contributed by atoms with Crippen LogP contribution in [0.1, 0.15) is 47.0 Å². The second-order valence-corrected chi connectivity index (χ2v) is 13.6. The number of aromatic nitrogens is 2. The molecule has 1 N–H and O–H groups in total. The zero-order valence-electron chi connectivity index (χ0n) is 21.8. The van der Waals surface area contributed by atoms with E-state index in [0.29, 0.717) is 17.3 Å². The summed E-state index contributed by atoms with van der Waals surface area (Å²) >= 11 is 0. The van der Waals surface area contributed by atoms with Crippen molar-refractivity contribution in [1.29, 1.82) is 0 Å². The standard InChI is InChI=1S/C29H26F3N3O4S2/c1-19(21-7-3-2-4-8-21)34-41(38,39)13-12-27-25-18-40(36,37)17-22(14-20-6-5-9-23(30)15-20)29(25)35(33-27)28-11-10-24(31)16-26(28)32/h2-13,15-16,19,22,34H,14,17-18H2,1H3/t19-,22?/m0/s1. The van der Waals surface area contributed by atoms with E-state index in [1.165, 1.54) is 28.9 Å². The van der Waals surface area contributed by atoms with E-state index in [9.17, 15) is 30.0 Å². The third-order valence-corrected chi connectivity index (χ3v) is 9.63. The van der Waals surface area contributed by atoms with Crippen LogP contribution in [-0.4, -0.2) is 32.4 Å². The van der Waals surface area contributed by atoms with E-state index in [1.54, 1.807) is 37.3 Å². The van der Waals surface area contributed by atoms with Crippen molar-refractivity contribution < 1.29 is 30.0 Å². The second kappa shape index (κ2) is 11.3. The van der Waals surface area contributed by atoms with E-state index in [-0.39, 0.29) is 29.1 Å². The van der Waals surface area contributed by atoms with Gasteiger partial charge in [0, 0.05) is 29.0 Å². The molecule has 1 aliphatic heterocycles. The molecule has 1 aromatic heterocycles. The van der Waals surface area contributed by atoms with Gasteiger partial charge in [-0.25, -0.2) is 39.4 Å².